The van der Waals surface area contributed by atoms with E-state index in [0.717, 1.165) is 36.6 Å². The van der Waals surface area contributed by atoms with Gasteiger partial charge < -0.3 is 10.1 Å². The largest absolute Gasteiger partial charge is 0.512 e. The van der Waals surface area contributed by atoms with Gasteiger partial charge in [0.1, 0.15) is 0 Å². The number of benzene rings is 5. The number of carbonyl (C=O) groups excluding carboxylic acids is 1. The molecule has 5 heteroatoms. The third kappa shape index (κ3) is 5.65. The summed E-state index contributed by atoms with van der Waals surface area (Å²) in [6.45, 7) is 12.5. The third-order valence-corrected chi connectivity index (χ3v) is 10.8. The van der Waals surface area contributed by atoms with Crippen LogP contribution in [0.3, 0.4) is 0 Å². The molecule has 7 aromatic rings. The minimum atomic E-state index is 0. The van der Waals surface area contributed by atoms with Gasteiger partial charge in [-0.3, -0.25) is 4.79 Å². The van der Waals surface area contributed by atoms with E-state index in [0.29, 0.717) is 0 Å². The number of thiophene rings is 1. The van der Waals surface area contributed by atoms with Crippen molar-refractivity contribution in [2.75, 3.05) is 0 Å². The predicted molar refractivity (Wildman–Crippen MR) is 191 cm³/mol. The fourth-order valence-corrected chi connectivity index (χ4v) is 7.94. The van der Waals surface area contributed by atoms with Crippen LogP contribution >= 0.6 is 11.3 Å². The zero-order valence-electron chi connectivity index (χ0n) is 26.9. The quantitative estimate of drug-likeness (QED) is 0.0575. The Kier molecular flexibility index (Phi) is 9.94. The van der Waals surface area contributed by atoms with Crippen LogP contribution < -0.4 is 0 Å². The summed E-state index contributed by atoms with van der Waals surface area (Å²) in [6.07, 6.45) is 6.86. The number of pyridine rings is 1. The molecule has 1 radical (unpaired) electrons. The second-order valence-electron chi connectivity index (χ2n) is 12.0. The Hall–Kier alpha value is -3.37. The summed E-state index contributed by atoms with van der Waals surface area (Å²) in [5, 5.41) is 21.3. The van der Waals surface area contributed by atoms with Gasteiger partial charge >= 0.3 is 0 Å². The smallest absolute Gasteiger partial charge is 0.162 e. The maximum atomic E-state index is 11.7. The molecular weight excluding hydrogens is 751 g/mol. The van der Waals surface area contributed by atoms with Gasteiger partial charge in [0.15, 0.2) is 5.78 Å². The van der Waals surface area contributed by atoms with E-state index in [1.807, 2.05) is 45.2 Å². The standard InChI is InChI=1S/C27H16NS.C13H24O2.Ir/c1-14-15(2)17-10-11-28-27-22-13-24-21(18-6-3-4-9-23(18)29-24)12-20(22)19-8-5-7-16(14)25(19)26(17)27;1-5-10(6-2)12(14)9-13(15)11(7-3)8-4;/h3-12H,1-2H3;9-11,14H,5-8H2,1-4H3;/q-1;;/b;12-9-;. The second-order valence-corrected chi connectivity index (χ2v) is 13.0. The SMILES string of the molecule is CCC(CC)C(=O)/C=C(\O)C(CC)CC.Cc1c(C)c2ccnc3c4[c-]c5sc6ccccc6c5cc4c4cccc1c4c23.[Ir]. The summed E-state index contributed by atoms with van der Waals surface area (Å²) in [7, 11) is 0. The molecule has 0 aliphatic rings. The number of fused-ring (bicyclic) bond motifs is 6. The summed E-state index contributed by atoms with van der Waals surface area (Å²) in [5.74, 6) is 0.547. The molecule has 2 aromatic heterocycles. The van der Waals surface area contributed by atoms with E-state index in [1.54, 1.807) is 0 Å². The van der Waals surface area contributed by atoms with Crippen LogP contribution in [-0.2, 0) is 24.9 Å². The molecule has 233 valence electrons. The first kappa shape index (κ1) is 33.0. The van der Waals surface area contributed by atoms with Crippen molar-refractivity contribution in [2.24, 2.45) is 11.8 Å². The maximum absolute atomic E-state index is 11.7. The Morgan fingerprint density at radius 1 is 0.800 bits per heavy atom. The molecule has 0 bridgehead atoms. The Morgan fingerprint density at radius 3 is 2.11 bits per heavy atom. The van der Waals surface area contributed by atoms with Crippen molar-refractivity contribution in [3.05, 3.63) is 89.8 Å². The average Bonchev–Trinajstić information content (AvgIpc) is 3.41. The van der Waals surface area contributed by atoms with Crippen molar-refractivity contribution in [3.63, 3.8) is 0 Å². The van der Waals surface area contributed by atoms with Crippen LogP contribution in [-0.4, -0.2) is 15.9 Å². The summed E-state index contributed by atoms with van der Waals surface area (Å²) in [5.41, 5.74) is 3.78. The second kappa shape index (κ2) is 13.5. The van der Waals surface area contributed by atoms with E-state index in [2.05, 4.69) is 74.5 Å². The van der Waals surface area contributed by atoms with E-state index in [4.69, 9.17) is 4.98 Å². The van der Waals surface area contributed by atoms with Crippen LogP contribution in [0.1, 0.15) is 64.5 Å². The number of hydrogen-bond donors (Lipinski definition) is 1. The van der Waals surface area contributed by atoms with Crippen LogP contribution in [0.25, 0.3) is 63.4 Å². The van der Waals surface area contributed by atoms with Crippen molar-refractivity contribution < 1.29 is 30.0 Å². The molecule has 0 saturated carbocycles. The molecular formula is C40H40IrNO2S-. The number of aliphatic hydroxyl groups excluding tert-OH is 1. The molecule has 0 amide bonds. The molecule has 0 saturated heterocycles. The monoisotopic (exact) mass is 791 g/mol. The van der Waals surface area contributed by atoms with Gasteiger partial charge in [0, 0.05) is 48.9 Å². The van der Waals surface area contributed by atoms with Crippen molar-refractivity contribution in [2.45, 2.75) is 67.2 Å². The molecule has 0 aliphatic heterocycles. The fraction of sp³-hybridized carbons (Fsp3) is 0.300. The van der Waals surface area contributed by atoms with Gasteiger partial charge in [-0.1, -0.05) is 80.3 Å². The Balaban J connectivity index is 0.000000217. The van der Waals surface area contributed by atoms with E-state index in [-0.39, 0.29) is 43.5 Å². The number of nitrogens with zero attached hydrogens (tertiary/aromatic N) is 1. The molecule has 0 spiro atoms. The molecule has 0 atom stereocenters. The number of aryl methyl sites for hydroxylation is 2. The van der Waals surface area contributed by atoms with E-state index >= 15 is 0 Å². The topological polar surface area (TPSA) is 50.2 Å². The van der Waals surface area contributed by atoms with Gasteiger partial charge in [-0.15, -0.1) is 17.5 Å². The first-order valence-electron chi connectivity index (χ1n) is 16.0. The maximum Gasteiger partial charge on any atom is 0.162 e. The molecule has 1 N–H and O–H groups in total. The van der Waals surface area contributed by atoms with Crippen LogP contribution in [0.2, 0.25) is 0 Å². The van der Waals surface area contributed by atoms with Crippen LogP contribution in [0.4, 0.5) is 0 Å². The van der Waals surface area contributed by atoms with Gasteiger partial charge in [-0.2, -0.15) is 11.3 Å². The number of ketones is 1. The summed E-state index contributed by atoms with van der Waals surface area (Å²) in [6, 6.07) is 23.7. The van der Waals surface area contributed by atoms with E-state index < -0.39 is 0 Å². The Labute approximate surface area is 283 Å². The van der Waals surface area contributed by atoms with Crippen LogP contribution in [0, 0.1) is 31.7 Å². The van der Waals surface area contributed by atoms with Gasteiger partial charge in [0.05, 0.1) is 5.76 Å². The summed E-state index contributed by atoms with van der Waals surface area (Å²) in [4.78, 5) is 16.6. The molecule has 0 fully saturated rings. The number of allylic oxidation sites excluding steroid dienone is 2. The molecule has 3 nitrogen and oxygen atoms in total. The molecule has 45 heavy (non-hydrogen) atoms. The van der Waals surface area contributed by atoms with Gasteiger partial charge in [0.2, 0.25) is 0 Å². The number of rotatable bonds is 7. The predicted octanol–water partition coefficient (Wildman–Crippen LogP) is 11.8. The molecule has 0 aliphatic carbocycles. The normalized spacial score (nSPS) is 12.2. The van der Waals surface area contributed by atoms with Gasteiger partial charge in [0.25, 0.3) is 0 Å². The first-order valence-corrected chi connectivity index (χ1v) is 16.8. The molecule has 2 heterocycles. The molecule has 0 unspecified atom stereocenters. The van der Waals surface area contributed by atoms with Crippen molar-refractivity contribution >= 4 is 80.5 Å². The number of aliphatic hydroxyl groups is 1. The van der Waals surface area contributed by atoms with Gasteiger partial charge in [-0.05, 0) is 99.9 Å². The average molecular weight is 791 g/mol. The van der Waals surface area contributed by atoms with E-state index in [1.165, 1.54) is 69.7 Å². The van der Waals surface area contributed by atoms with Crippen LogP contribution in [0.5, 0.6) is 0 Å². The van der Waals surface area contributed by atoms with Crippen LogP contribution in [0.15, 0.2) is 72.6 Å². The summed E-state index contributed by atoms with van der Waals surface area (Å²) >= 11 is 1.82. The Morgan fingerprint density at radius 2 is 1.42 bits per heavy atom. The third-order valence-electron chi connectivity index (χ3n) is 9.68. The van der Waals surface area contributed by atoms with E-state index in [9.17, 15) is 9.90 Å². The number of aromatic nitrogens is 1. The fourth-order valence-electron chi connectivity index (χ4n) is 6.86. The van der Waals surface area contributed by atoms with Crippen molar-refractivity contribution in [1.29, 1.82) is 0 Å². The van der Waals surface area contributed by atoms with Gasteiger partial charge in [-0.25, -0.2) is 0 Å². The number of hydrogen-bond acceptors (Lipinski definition) is 4. The zero-order valence-corrected chi connectivity index (χ0v) is 30.1. The zero-order chi connectivity index (χ0) is 31.1. The van der Waals surface area contributed by atoms with Crippen molar-refractivity contribution in [3.8, 4) is 0 Å². The minimum absolute atomic E-state index is 0. The molecule has 5 aromatic carbocycles. The number of carbonyl (C=O) groups is 1. The molecule has 7 rings (SSSR count). The first-order chi connectivity index (χ1) is 21.3. The Bertz CT molecular complexity index is 2190. The minimum Gasteiger partial charge on any atom is -0.512 e. The van der Waals surface area contributed by atoms with Crippen molar-refractivity contribution in [1.82, 2.24) is 4.98 Å². The summed E-state index contributed by atoms with van der Waals surface area (Å²) < 4.78 is 2.53.